The molecule has 1 atom stereocenters. The molecule has 1 amide bonds. The first kappa shape index (κ1) is 16.2. The highest BCUT2D eigenvalue weighted by Crippen LogP contribution is 2.23. The van der Waals surface area contributed by atoms with Gasteiger partial charge in [-0.25, -0.2) is 4.39 Å². The number of rotatable bonds is 6. The molecular weight excluding hydrogens is 259 g/mol. The molecular formula is C14H23FN4O. The minimum absolute atomic E-state index is 0.0452. The summed E-state index contributed by atoms with van der Waals surface area (Å²) in [6.07, 6.45) is 0. The van der Waals surface area contributed by atoms with Crippen LogP contribution in [0.1, 0.15) is 24.2 Å². The lowest BCUT2D eigenvalue weighted by molar-refractivity contribution is 0.100. The van der Waals surface area contributed by atoms with Gasteiger partial charge in [0.15, 0.2) is 0 Å². The summed E-state index contributed by atoms with van der Waals surface area (Å²) >= 11 is 0. The average Bonchev–Trinajstić information content (AvgIpc) is 2.30. The molecule has 0 fully saturated rings. The highest BCUT2D eigenvalue weighted by Gasteiger charge is 2.18. The first-order chi connectivity index (χ1) is 9.22. The summed E-state index contributed by atoms with van der Waals surface area (Å²) in [5.74, 6) is -0.859. The van der Waals surface area contributed by atoms with E-state index in [1.807, 2.05) is 32.8 Å². The molecule has 0 aliphatic heterocycles. The third kappa shape index (κ3) is 4.09. The van der Waals surface area contributed by atoms with E-state index < -0.39 is 11.7 Å². The van der Waals surface area contributed by atoms with Gasteiger partial charge < -0.3 is 21.7 Å². The first-order valence-electron chi connectivity index (χ1n) is 6.52. The van der Waals surface area contributed by atoms with Crippen molar-refractivity contribution in [3.05, 3.63) is 23.5 Å². The number of likely N-dealkylation sites (N-methyl/N-ethyl adjacent to an activating group) is 1. The van der Waals surface area contributed by atoms with Crippen molar-refractivity contribution >= 4 is 17.3 Å². The number of nitrogens with one attached hydrogen (secondary N) is 1. The molecule has 0 aliphatic carbocycles. The third-order valence-corrected chi connectivity index (χ3v) is 3.11. The number of nitrogen functional groups attached to an aromatic ring is 1. The van der Waals surface area contributed by atoms with Crippen LogP contribution in [-0.4, -0.2) is 37.5 Å². The molecule has 0 spiro atoms. The summed E-state index contributed by atoms with van der Waals surface area (Å²) in [4.78, 5) is 13.3. The summed E-state index contributed by atoms with van der Waals surface area (Å²) in [5, 5.41) is 3.12. The number of nitrogens with zero attached hydrogens (tertiary/aromatic N) is 1. The maximum Gasteiger partial charge on any atom is 0.250 e. The maximum absolute atomic E-state index is 13.9. The Morgan fingerprint density at radius 1 is 1.40 bits per heavy atom. The minimum Gasteiger partial charge on any atom is -0.398 e. The Bertz CT molecular complexity index is 488. The Morgan fingerprint density at radius 3 is 2.45 bits per heavy atom. The number of primary amides is 1. The van der Waals surface area contributed by atoms with Gasteiger partial charge in [-0.2, -0.15) is 0 Å². The van der Waals surface area contributed by atoms with Crippen molar-refractivity contribution in [2.24, 2.45) is 11.7 Å². The molecule has 1 rings (SSSR count). The lowest BCUT2D eigenvalue weighted by atomic mass is 10.0. The lowest BCUT2D eigenvalue weighted by Crippen LogP contribution is -2.36. The zero-order valence-electron chi connectivity index (χ0n) is 12.4. The van der Waals surface area contributed by atoms with Crippen molar-refractivity contribution in [1.29, 1.82) is 0 Å². The summed E-state index contributed by atoms with van der Waals surface area (Å²) in [6, 6.07) is 2.54. The SMILES string of the molecule is CC(C)C(CN(C)C)Nc1cc(C(N)=O)c(N)cc1F. The highest BCUT2D eigenvalue weighted by molar-refractivity contribution is 5.99. The third-order valence-electron chi connectivity index (χ3n) is 3.11. The Hall–Kier alpha value is -1.82. The smallest absolute Gasteiger partial charge is 0.250 e. The van der Waals surface area contributed by atoms with Gasteiger partial charge in [-0.3, -0.25) is 4.79 Å². The van der Waals surface area contributed by atoms with E-state index in [2.05, 4.69) is 5.32 Å². The number of amides is 1. The zero-order valence-corrected chi connectivity index (χ0v) is 12.4. The van der Waals surface area contributed by atoms with E-state index in [0.29, 0.717) is 5.92 Å². The van der Waals surface area contributed by atoms with E-state index >= 15 is 0 Å². The van der Waals surface area contributed by atoms with Gasteiger partial charge in [0.1, 0.15) is 5.82 Å². The Labute approximate surface area is 119 Å². The van der Waals surface area contributed by atoms with Crippen LogP contribution in [-0.2, 0) is 0 Å². The molecule has 1 aromatic rings. The summed E-state index contributed by atoms with van der Waals surface area (Å²) < 4.78 is 13.9. The van der Waals surface area contributed by atoms with Crippen molar-refractivity contribution < 1.29 is 9.18 Å². The normalized spacial score (nSPS) is 12.8. The fraction of sp³-hybridized carbons (Fsp3) is 0.500. The zero-order chi connectivity index (χ0) is 15.4. The van der Waals surface area contributed by atoms with Gasteiger partial charge in [0, 0.05) is 18.3 Å². The minimum atomic E-state index is -0.667. The van der Waals surface area contributed by atoms with Gasteiger partial charge in [-0.1, -0.05) is 13.8 Å². The molecule has 1 unspecified atom stereocenters. The first-order valence-corrected chi connectivity index (χ1v) is 6.52. The van der Waals surface area contributed by atoms with Crippen molar-refractivity contribution in [2.75, 3.05) is 31.7 Å². The molecule has 0 aromatic heterocycles. The van der Waals surface area contributed by atoms with E-state index in [4.69, 9.17) is 11.5 Å². The number of benzene rings is 1. The number of nitrogens with two attached hydrogens (primary N) is 2. The van der Waals surface area contributed by atoms with E-state index in [1.54, 1.807) is 0 Å². The maximum atomic E-state index is 13.9. The van der Waals surface area contributed by atoms with E-state index in [9.17, 15) is 9.18 Å². The number of carbonyl (C=O) groups is 1. The number of carbonyl (C=O) groups excluding carboxylic acids is 1. The van der Waals surface area contributed by atoms with Crippen LogP contribution in [0.4, 0.5) is 15.8 Å². The number of hydrogen-bond donors (Lipinski definition) is 3. The molecule has 0 aliphatic rings. The van der Waals surface area contributed by atoms with E-state index in [0.717, 1.165) is 12.6 Å². The summed E-state index contributed by atoms with van der Waals surface area (Å²) in [6.45, 7) is 4.84. The van der Waals surface area contributed by atoms with E-state index in [1.165, 1.54) is 6.07 Å². The molecule has 0 saturated heterocycles. The molecule has 0 radical (unpaired) electrons. The van der Waals surface area contributed by atoms with Gasteiger partial charge >= 0.3 is 0 Å². The van der Waals surface area contributed by atoms with Crippen LogP contribution in [0.5, 0.6) is 0 Å². The van der Waals surface area contributed by atoms with Crippen LogP contribution >= 0.6 is 0 Å². The van der Waals surface area contributed by atoms with Gasteiger partial charge in [-0.15, -0.1) is 0 Å². The molecule has 5 nitrogen and oxygen atoms in total. The monoisotopic (exact) mass is 282 g/mol. The van der Waals surface area contributed by atoms with Crippen molar-refractivity contribution in [1.82, 2.24) is 4.90 Å². The molecule has 0 saturated carbocycles. The van der Waals surface area contributed by atoms with Gasteiger partial charge in [-0.05, 0) is 32.1 Å². The Morgan fingerprint density at radius 2 is 2.00 bits per heavy atom. The quantitative estimate of drug-likeness (QED) is 0.690. The number of anilines is 2. The lowest BCUT2D eigenvalue weighted by Gasteiger charge is -2.27. The van der Waals surface area contributed by atoms with Crippen LogP contribution in [0.2, 0.25) is 0 Å². The highest BCUT2D eigenvalue weighted by atomic mass is 19.1. The van der Waals surface area contributed by atoms with Crippen molar-refractivity contribution in [2.45, 2.75) is 19.9 Å². The fourth-order valence-electron chi connectivity index (χ4n) is 1.93. The number of hydrogen-bond acceptors (Lipinski definition) is 4. The predicted molar refractivity (Wildman–Crippen MR) is 80.1 cm³/mol. The van der Waals surface area contributed by atoms with Crippen LogP contribution in [0.15, 0.2) is 12.1 Å². The molecule has 1 aromatic carbocycles. The molecule has 5 N–H and O–H groups in total. The van der Waals surface area contributed by atoms with Gasteiger partial charge in [0.05, 0.1) is 11.3 Å². The van der Waals surface area contributed by atoms with E-state index in [-0.39, 0.29) is 23.0 Å². The molecule has 0 bridgehead atoms. The summed E-state index contributed by atoms with van der Waals surface area (Å²) in [5.41, 5.74) is 11.2. The Kier molecular flexibility index (Phi) is 5.33. The molecule has 112 valence electrons. The van der Waals surface area contributed by atoms with Gasteiger partial charge in [0.2, 0.25) is 0 Å². The molecule has 6 heteroatoms. The fourth-order valence-corrected chi connectivity index (χ4v) is 1.93. The standard InChI is InChI=1S/C14H23FN4O/c1-8(2)13(7-19(3)4)18-12-5-9(14(17)20)11(16)6-10(12)15/h5-6,8,13,18H,7,16H2,1-4H3,(H2,17,20). The second-order valence-electron chi connectivity index (χ2n) is 5.54. The van der Waals surface area contributed by atoms with Crippen molar-refractivity contribution in [3.8, 4) is 0 Å². The number of halogens is 1. The predicted octanol–water partition coefficient (Wildman–Crippen LogP) is 1.50. The second kappa shape index (κ2) is 6.56. The average molecular weight is 282 g/mol. The molecule has 0 heterocycles. The molecule has 20 heavy (non-hydrogen) atoms. The largest absolute Gasteiger partial charge is 0.398 e. The topological polar surface area (TPSA) is 84.4 Å². The van der Waals surface area contributed by atoms with Crippen LogP contribution in [0, 0.1) is 11.7 Å². The van der Waals surface area contributed by atoms with Crippen LogP contribution in [0.3, 0.4) is 0 Å². The van der Waals surface area contributed by atoms with Crippen LogP contribution in [0.25, 0.3) is 0 Å². The van der Waals surface area contributed by atoms with Crippen LogP contribution < -0.4 is 16.8 Å². The summed E-state index contributed by atoms with van der Waals surface area (Å²) in [7, 11) is 3.90. The second-order valence-corrected chi connectivity index (χ2v) is 5.54. The Balaban J connectivity index is 3.06. The van der Waals surface area contributed by atoms with Crippen molar-refractivity contribution in [3.63, 3.8) is 0 Å². The van der Waals surface area contributed by atoms with Gasteiger partial charge in [0.25, 0.3) is 5.91 Å².